The average Bonchev–Trinajstić information content (AvgIpc) is 3.31. The number of hydrogen-bond acceptors (Lipinski definition) is 5. The number of methoxy groups -OCH3 is 1. The second kappa shape index (κ2) is 9.09. The molecule has 0 spiro atoms. The van der Waals surface area contributed by atoms with Gasteiger partial charge in [-0.2, -0.15) is 5.10 Å². The van der Waals surface area contributed by atoms with Gasteiger partial charge in [0.05, 0.1) is 30.7 Å². The summed E-state index contributed by atoms with van der Waals surface area (Å²) in [5.74, 6) is 0.705. The summed E-state index contributed by atoms with van der Waals surface area (Å²) in [4.78, 5) is 27.1. The van der Waals surface area contributed by atoms with Crippen LogP contribution in [-0.2, 0) is 11.2 Å². The molecule has 0 radical (unpaired) electrons. The molecule has 1 saturated heterocycles. The first-order valence-corrected chi connectivity index (χ1v) is 10.3. The van der Waals surface area contributed by atoms with Crippen molar-refractivity contribution in [1.82, 2.24) is 20.4 Å². The van der Waals surface area contributed by atoms with Gasteiger partial charge in [0.15, 0.2) is 0 Å². The lowest BCUT2D eigenvalue weighted by Gasteiger charge is -2.28. The molecular formula is C23H26N4O3. The van der Waals surface area contributed by atoms with Crippen LogP contribution in [0.5, 0.6) is 5.75 Å². The fraction of sp³-hybridized carbons (Fsp3) is 0.348. The van der Waals surface area contributed by atoms with Crippen molar-refractivity contribution in [1.29, 1.82) is 0 Å². The third kappa shape index (κ3) is 4.36. The number of fused-ring (bicyclic) bond motifs is 1. The van der Waals surface area contributed by atoms with Crippen LogP contribution < -0.4 is 15.6 Å². The van der Waals surface area contributed by atoms with Gasteiger partial charge >= 0.3 is 0 Å². The van der Waals surface area contributed by atoms with Crippen molar-refractivity contribution in [3.05, 3.63) is 70.1 Å². The fourth-order valence-electron chi connectivity index (χ4n) is 4.07. The van der Waals surface area contributed by atoms with Crippen LogP contribution in [0, 0.1) is 0 Å². The fourth-order valence-corrected chi connectivity index (χ4v) is 4.07. The number of ether oxygens (including phenoxy) is 1. The molecule has 0 aliphatic carbocycles. The molecule has 1 amide bonds. The summed E-state index contributed by atoms with van der Waals surface area (Å²) in [7, 11) is 1.65. The van der Waals surface area contributed by atoms with Crippen molar-refractivity contribution in [3.63, 3.8) is 0 Å². The second-order valence-electron chi connectivity index (χ2n) is 7.56. The van der Waals surface area contributed by atoms with E-state index < -0.39 is 0 Å². The molecule has 30 heavy (non-hydrogen) atoms. The Morgan fingerprint density at radius 1 is 1.13 bits per heavy atom. The van der Waals surface area contributed by atoms with Crippen molar-refractivity contribution in [2.24, 2.45) is 0 Å². The molecule has 7 nitrogen and oxygen atoms in total. The van der Waals surface area contributed by atoms with Gasteiger partial charge in [0.2, 0.25) is 5.91 Å². The molecule has 1 fully saturated rings. The van der Waals surface area contributed by atoms with Crippen molar-refractivity contribution in [2.45, 2.75) is 25.3 Å². The third-order valence-corrected chi connectivity index (χ3v) is 5.68. The molecule has 1 aromatic heterocycles. The first-order valence-electron chi connectivity index (χ1n) is 10.3. The van der Waals surface area contributed by atoms with Gasteiger partial charge in [0, 0.05) is 11.9 Å². The molecule has 2 aromatic carbocycles. The highest BCUT2D eigenvalue weighted by Gasteiger charge is 2.24. The number of H-pyrrole nitrogens is 1. The van der Waals surface area contributed by atoms with Crippen molar-refractivity contribution in [3.8, 4) is 5.75 Å². The highest BCUT2D eigenvalue weighted by molar-refractivity contribution is 5.88. The number of likely N-dealkylation sites (tertiary alicyclic amines) is 1. The van der Waals surface area contributed by atoms with Crippen molar-refractivity contribution >= 4 is 16.7 Å². The Balaban J connectivity index is 1.47. The first-order chi connectivity index (χ1) is 14.7. The first kappa shape index (κ1) is 20.1. The molecule has 7 heteroatoms. The van der Waals surface area contributed by atoms with Crippen LogP contribution >= 0.6 is 0 Å². The van der Waals surface area contributed by atoms with E-state index >= 15 is 0 Å². The van der Waals surface area contributed by atoms with E-state index in [1.165, 1.54) is 12.8 Å². The Kier molecular flexibility index (Phi) is 6.09. The highest BCUT2D eigenvalue weighted by Crippen LogP contribution is 2.26. The zero-order valence-corrected chi connectivity index (χ0v) is 17.1. The summed E-state index contributed by atoms with van der Waals surface area (Å²) in [6.07, 6.45) is 2.47. The Morgan fingerprint density at radius 2 is 1.83 bits per heavy atom. The van der Waals surface area contributed by atoms with Gasteiger partial charge in [-0.3, -0.25) is 14.5 Å². The van der Waals surface area contributed by atoms with Crippen LogP contribution in [0.15, 0.2) is 53.3 Å². The molecule has 2 N–H and O–H groups in total. The molecule has 1 aliphatic heterocycles. The van der Waals surface area contributed by atoms with E-state index in [2.05, 4.69) is 32.5 Å². The van der Waals surface area contributed by atoms with Crippen LogP contribution in [-0.4, -0.2) is 47.7 Å². The lowest BCUT2D eigenvalue weighted by atomic mass is 10.0. The summed E-state index contributed by atoms with van der Waals surface area (Å²) in [5, 5.41) is 10.9. The molecule has 1 aliphatic rings. The van der Waals surface area contributed by atoms with E-state index in [1.807, 2.05) is 24.3 Å². The lowest BCUT2D eigenvalue weighted by molar-refractivity contribution is -0.120. The predicted octanol–water partition coefficient (Wildman–Crippen LogP) is 2.43. The minimum atomic E-state index is -0.247. The lowest BCUT2D eigenvalue weighted by Crippen LogP contribution is -2.37. The molecule has 0 saturated carbocycles. The second-order valence-corrected chi connectivity index (χ2v) is 7.56. The van der Waals surface area contributed by atoms with Crippen molar-refractivity contribution < 1.29 is 9.53 Å². The number of benzene rings is 2. The summed E-state index contributed by atoms with van der Waals surface area (Å²) in [6, 6.07) is 15.4. The van der Waals surface area contributed by atoms with Gasteiger partial charge in [-0.15, -0.1) is 0 Å². The van der Waals surface area contributed by atoms with Crippen LogP contribution in [0.25, 0.3) is 10.8 Å². The van der Waals surface area contributed by atoms with E-state index in [1.54, 1.807) is 19.2 Å². The number of nitrogens with zero attached hydrogens (tertiary/aromatic N) is 2. The minimum absolute atomic E-state index is 0.114. The maximum Gasteiger partial charge on any atom is 0.272 e. The summed E-state index contributed by atoms with van der Waals surface area (Å²) >= 11 is 0. The topological polar surface area (TPSA) is 87.3 Å². The maximum atomic E-state index is 12.7. The van der Waals surface area contributed by atoms with E-state index in [-0.39, 0.29) is 23.9 Å². The molecular weight excluding hydrogens is 380 g/mol. The molecule has 2 heterocycles. The number of carbonyl (C=O) groups excluding carboxylic acids is 1. The molecule has 3 aromatic rings. The zero-order chi connectivity index (χ0) is 20.9. The molecule has 156 valence electrons. The van der Waals surface area contributed by atoms with Gasteiger partial charge in [0.1, 0.15) is 5.75 Å². The number of aromatic amines is 1. The Labute approximate surface area is 175 Å². The van der Waals surface area contributed by atoms with E-state index in [0.29, 0.717) is 23.0 Å². The number of nitrogens with one attached hydrogen (secondary N) is 2. The normalized spacial score (nSPS) is 15.2. The van der Waals surface area contributed by atoms with Crippen LogP contribution in [0.2, 0.25) is 0 Å². The summed E-state index contributed by atoms with van der Waals surface area (Å²) < 4.78 is 5.27. The number of amides is 1. The summed E-state index contributed by atoms with van der Waals surface area (Å²) in [6.45, 7) is 2.57. The van der Waals surface area contributed by atoms with E-state index in [4.69, 9.17) is 4.74 Å². The SMILES string of the molecule is COc1ccc([C@H](CNC(=O)Cc2n[nH]c(=O)c3ccccc23)N2CCCC2)cc1. The van der Waals surface area contributed by atoms with Crippen LogP contribution in [0.3, 0.4) is 0 Å². The van der Waals surface area contributed by atoms with Crippen molar-refractivity contribution in [2.75, 3.05) is 26.7 Å². The number of aromatic nitrogens is 2. The zero-order valence-electron chi connectivity index (χ0n) is 17.1. The number of hydrogen-bond donors (Lipinski definition) is 2. The average molecular weight is 406 g/mol. The highest BCUT2D eigenvalue weighted by atomic mass is 16.5. The Hall–Kier alpha value is -3.19. The van der Waals surface area contributed by atoms with Gasteiger partial charge in [0.25, 0.3) is 5.56 Å². The quantitative estimate of drug-likeness (QED) is 0.629. The smallest absolute Gasteiger partial charge is 0.272 e. The molecule has 4 rings (SSSR count). The maximum absolute atomic E-state index is 12.7. The Morgan fingerprint density at radius 3 is 2.53 bits per heavy atom. The van der Waals surface area contributed by atoms with E-state index in [0.717, 1.165) is 24.4 Å². The van der Waals surface area contributed by atoms with E-state index in [9.17, 15) is 9.59 Å². The third-order valence-electron chi connectivity index (χ3n) is 5.68. The number of rotatable bonds is 7. The standard InChI is InChI=1S/C23H26N4O3/c1-30-17-10-8-16(9-11-17)21(27-12-4-5-13-27)15-24-22(28)14-20-18-6-2-3-7-19(18)23(29)26-25-20/h2-3,6-11,21H,4-5,12-15H2,1H3,(H,24,28)(H,26,29)/t21-/m0/s1. The Bertz CT molecular complexity index is 1070. The number of carbonyl (C=O) groups is 1. The van der Waals surface area contributed by atoms with Gasteiger partial charge in [-0.25, -0.2) is 5.10 Å². The van der Waals surface area contributed by atoms with Crippen LogP contribution in [0.4, 0.5) is 0 Å². The molecule has 0 unspecified atom stereocenters. The van der Waals surface area contributed by atoms with Gasteiger partial charge in [-0.05, 0) is 49.7 Å². The van der Waals surface area contributed by atoms with Gasteiger partial charge < -0.3 is 10.1 Å². The predicted molar refractivity (Wildman–Crippen MR) is 116 cm³/mol. The van der Waals surface area contributed by atoms with Gasteiger partial charge in [-0.1, -0.05) is 30.3 Å². The molecule has 0 bridgehead atoms. The largest absolute Gasteiger partial charge is 0.497 e. The summed E-state index contributed by atoms with van der Waals surface area (Å²) in [5.41, 5.74) is 1.49. The molecule has 1 atom stereocenters. The minimum Gasteiger partial charge on any atom is -0.497 e. The van der Waals surface area contributed by atoms with Crippen LogP contribution in [0.1, 0.15) is 30.1 Å². The monoisotopic (exact) mass is 406 g/mol.